The van der Waals surface area contributed by atoms with Crippen LogP contribution in [0.15, 0.2) is 69.9 Å². The highest BCUT2D eigenvalue weighted by Gasteiger charge is 2.11. The fraction of sp³-hybridized carbons (Fsp3) is 0.0556. The molecule has 0 unspecified atom stereocenters. The molecule has 0 amide bonds. The van der Waals surface area contributed by atoms with Crippen LogP contribution in [0.4, 0.5) is 4.39 Å². The predicted octanol–water partition coefficient (Wildman–Crippen LogP) is 4.55. The molecule has 0 spiro atoms. The lowest BCUT2D eigenvalue weighted by Crippen LogP contribution is -1.99. The van der Waals surface area contributed by atoms with Gasteiger partial charge in [0.15, 0.2) is 0 Å². The van der Waals surface area contributed by atoms with Crippen molar-refractivity contribution in [3.63, 3.8) is 0 Å². The first kappa shape index (κ1) is 15.7. The van der Waals surface area contributed by atoms with Gasteiger partial charge in [0.05, 0.1) is 17.2 Å². The van der Waals surface area contributed by atoms with Gasteiger partial charge in [0.2, 0.25) is 5.82 Å². The second-order valence-corrected chi connectivity index (χ2v) is 6.40. The summed E-state index contributed by atoms with van der Waals surface area (Å²) in [7, 11) is 0. The van der Waals surface area contributed by atoms with E-state index >= 15 is 0 Å². The summed E-state index contributed by atoms with van der Waals surface area (Å²) in [6.45, 7) is 0.637. The van der Waals surface area contributed by atoms with Crippen LogP contribution in [0.2, 0.25) is 0 Å². The van der Waals surface area contributed by atoms with Crippen LogP contribution in [0.3, 0.4) is 0 Å². The number of rotatable bonds is 4. The Morgan fingerprint density at radius 1 is 1.08 bits per heavy atom. The maximum Gasteiger partial charge on any atom is 0.258 e. The van der Waals surface area contributed by atoms with Crippen LogP contribution >= 0.6 is 15.9 Å². The summed E-state index contributed by atoms with van der Waals surface area (Å²) in [6.07, 6.45) is 3.66. The normalized spacial score (nSPS) is 11.0. The summed E-state index contributed by atoms with van der Waals surface area (Å²) in [4.78, 5) is 4.40. The van der Waals surface area contributed by atoms with Crippen LogP contribution in [0.5, 0.6) is 0 Å². The van der Waals surface area contributed by atoms with E-state index in [0.29, 0.717) is 23.8 Å². The van der Waals surface area contributed by atoms with Crippen molar-refractivity contribution in [3.05, 3.63) is 76.8 Å². The lowest BCUT2D eigenvalue weighted by molar-refractivity contribution is 0.432. The zero-order valence-electron chi connectivity index (χ0n) is 12.9. The fourth-order valence-corrected chi connectivity index (χ4v) is 2.80. The number of hydrogen-bond donors (Lipinski definition) is 0. The Balaban J connectivity index is 1.60. The molecule has 0 saturated heterocycles. The lowest BCUT2D eigenvalue weighted by Gasteiger charge is -2.03. The summed E-state index contributed by atoms with van der Waals surface area (Å²) < 4.78 is 21.2. The second-order valence-electron chi connectivity index (χ2n) is 5.49. The van der Waals surface area contributed by atoms with Crippen LogP contribution in [-0.2, 0) is 6.54 Å². The largest absolute Gasteiger partial charge is 0.334 e. The van der Waals surface area contributed by atoms with Gasteiger partial charge in [-0.2, -0.15) is 10.1 Å². The fourth-order valence-electron chi connectivity index (χ4n) is 2.47. The van der Waals surface area contributed by atoms with E-state index in [0.717, 1.165) is 15.6 Å². The monoisotopic (exact) mass is 398 g/mol. The van der Waals surface area contributed by atoms with Crippen molar-refractivity contribution in [2.45, 2.75) is 6.54 Å². The van der Waals surface area contributed by atoms with Crippen molar-refractivity contribution in [3.8, 4) is 22.8 Å². The molecule has 2 aromatic heterocycles. The number of benzene rings is 2. The van der Waals surface area contributed by atoms with Gasteiger partial charge < -0.3 is 4.52 Å². The van der Waals surface area contributed by atoms with Gasteiger partial charge >= 0.3 is 0 Å². The van der Waals surface area contributed by atoms with Gasteiger partial charge in [-0.15, -0.1) is 0 Å². The molecule has 0 radical (unpaired) electrons. The third kappa shape index (κ3) is 3.51. The molecular weight excluding hydrogens is 387 g/mol. The summed E-state index contributed by atoms with van der Waals surface area (Å²) in [5.41, 5.74) is 2.59. The lowest BCUT2D eigenvalue weighted by atomic mass is 10.1. The summed E-state index contributed by atoms with van der Waals surface area (Å²) in [6, 6.07) is 13.8. The maximum atomic E-state index is 13.0. The Bertz CT molecular complexity index is 1010. The molecule has 25 heavy (non-hydrogen) atoms. The van der Waals surface area contributed by atoms with E-state index < -0.39 is 0 Å². The smallest absolute Gasteiger partial charge is 0.258 e. The quantitative estimate of drug-likeness (QED) is 0.505. The number of halogens is 2. The molecule has 0 saturated carbocycles. The van der Waals surface area contributed by atoms with Gasteiger partial charge in [-0.3, -0.25) is 4.68 Å². The number of aromatic nitrogens is 4. The van der Waals surface area contributed by atoms with Crippen molar-refractivity contribution in [1.82, 2.24) is 19.9 Å². The molecule has 7 heteroatoms. The summed E-state index contributed by atoms with van der Waals surface area (Å²) in [5, 5.41) is 8.23. The van der Waals surface area contributed by atoms with Crippen LogP contribution in [-0.4, -0.2) is 19.9 Å². The van der Waals surface area contributed by atoms with E-state index in [9.17, 15) is 4.39 Å². The third-order valence-corrected chi connectivity index (χ3v) is 4.06. The molecule has 4 rings (SSSR count). The molecular formula is C18H12BrFN4O. The Kier molecular flexibility index (Phi) is 4.15. The van der Waals surface area contributed by atoms with Gasteiger partial charge in [-0.1, -0.05) is 17.3 Å². The summed E-state index contributed by atoms with van der Waals surface area (Å²) in [5.74, 6) is 0.546. The SMILES string of the molecule is Fc1ccc(-c2noc(-c3cccc(Cn4cc(Br)cn4)c3)n2)cc1. The minimum absolute atomic E-state index is 0.301. The number of hydrogen-bond acceptors (Lipinski definition) is 4. The average Bonchev–Trinajstić information content (AvgIpc) is 3.25. The van der Waals surface area contributed by atoms with E-state index in [4.69, 9.17) is 4.52 Å². The van der Waals surface area contributed by atoms with Crippen molar-refractivity contribution < 1.29 is 8.91 Å². The highest BCUT2D eigenvalue weighted by atomic mass is 79.9. The Hall–Kier alpha value is -2.80. The molecule has 0 N–H and O–H groups in total. The molecule has 5 nitrogen and oxygen atoms in total. The molecule has 2 aromatic carbocycles. The third-order valence-electron chi connectivity index (χ3n) is 3.65. The van der Waals surface area contributed by atoms with Crippen LogP contribution < -0.4 is 0 Å². The van der Waals surface area contributed by atoms with Crippen molar-refractivity contribution in [1.29, 1.82) is 0 Å². The summed E-state index contributed by atoms with van der Waals surface area (Å²) >= 11 is 3.39. The average molecular weight is 399 g/mol. The van der Waals surface area contributed by atoms with Gasteiger partial charge in [0.25, 0.3) is 5.89 Å². The van der Waals surface area contributed by atoms with E-state index in [1.165, 1.54) is 12.1 Å². The second kappa shape index (κ2) is 6.60. The van der Waals surface area contributed by atoms with Crippen LogP contribution in [0.25, 0.3) is 22.8 Å². The zero-order chi connectivity index (χ0) is 17.2. The van der Waals surface area contributed by atoms with Crippen molar-refractivity contribution >= 4 is 15.9 Å². The van der Waals surface area contributed by atoms with Gasteiger partial charge in [0.1, 0.15) is 5.82 Å². The zero-order valence-corrected chi connectivity index (χ0v) is 14.5. The molecule has 0 aliphatic carbocycles. The molecule has 0 fully saturated rings. The van der Waals surface area contributed by atoms with Crippen LogP contribution in [0.1, 0.15) is 5.56 Å². The first-order valence-electron chi connectivity index (χ1n) is 7.54. The van der Waals surface area contributed by atoms with E-state index in [-0.39, 0.29) is 5.82 Å². The topological polar surface area (TPSA) is 56.7 Å². The standard InChI is InChI=1S/C18H12BrFN4O/c19-15-9-21-24(11-15)10-12-2-1-3-14(8-12)18-22-17(23-25-18)13-4-6-16(20)7-5-13/h1-9,11H,10H2. The predicted molar refractivity (Wildman–Crippen MR) is 94.2 cm³/mol. The Morgan fingerprint density at radius 3 is 2.68 bits per heavy atom. The van der Waals surface area contributed by atoms with Gasteiger partial charge in [0, 0.05) is 17.3 Å². The molecule has 4 aromatic rings. The Morgan fingerprint density at radius 2 is 1.92 bits per heavy atom. The molecule has 0 bridgehead atoms. The van der Waals surface area contributed by atoms with Crippen molar-refractivity contribution in [2.75, 3.05) is 0 Å². The first-order valence-corrected chi connectivity index (χ1v) is 8.33. The number of nitrogens with zero attached hydrogens (tertiary/aromatic N) is 4. The minimum atomic E-state index is -0.301. The molecule has 124 valence electrons. The molecule has 2 heterocycles. The first-order chi connectivity index (χ1) is 12.2. The molecule has 0 aliphatic rings. The minimum Gasteiger partial charge on any atom is -0.334 e. The van der Waals surface area contributed by atoms with E-state index in [2.05, 4.69) is 31.2 Å². The molecule has 0 aliphatic heterocycles. The highest BCUT2D eigenvalue weighted by molar-refractivity contribution is 9.10. The highest BCUT2D eigenvalue weighted by Crippen LogP contribution is 2.23. The molecule has 0 atom stereocenters. The Labute approximate surface area is 151 Å². The van der Waals surface area contributed by atoms with Gasteiger partial charge in [-0.05, 0) is 57.9 Å². The van der Waals surface area contributed by atoms with Gasteiger partial charge in [-0.25, -0.2) is 4.39 Å². The van der Waals surface area contributed by atoms with Crippen LogP contribution in [0, 0.1) is 5.82 Å². The van der Waals surface area contributed by atoms with Crippen molar-refractivity contribution in [2.24, 2.45) is 0 Å². The van der Waals surface area contributed by atoms with E-state index in [1.807, 2.05) is 35.1 Å². The maximum absolute atomic E-state index is 13.0. The van der Waals surface area contributed by atoms with E-state index in [1.54, 1.807) is 18.3 Å².